The molecule has 0 aromatic carbocycles. The van der Waals surface area contributed by atoms with E-state index in [-0.39, 0.29) is 30.4 Å². The maximum absolute atomic E-state index is 11.5. The second-order valence-corrected chi connectivity index (χ2v) is 4.29. The second kappa shape index (κ2) is 5.81. The molecule has 0 aromatic rings. The van der Waals surface area contributed by atoms with Gasteiger partial charge in [-0.3, -0.25) is 9.59 Å². The Balaban J connectivity index is 2.22. The molecule has 16 heavy (non-hydrogen) atoms. The minimum atomic E-state index is -0.472. The van der Waals surface area contributed by atoms with Gasteiger partial charge in [-0.05, 0) is 20.3 Å². The van der Waals surface area contributed by atoms with Crippen LogP contribution in [0.5, 0.6) is 0 Å². The summed E-state index contributed by atoms with van der Waals surface area (Å²) in [6.07, 6.45) is -0.0716. The first kappa shape index (κ1) is 12.9. The van der Waals surface area contributed by atoms with Crippen molar-refractivity contribution < 1.29 is 14.7 Å². The highest BCUT2D eigenvalue weighted by atomic mass is 16.3. The van der Waals surface area contributed by atoms with Crippen LogP contribution in [0.1, 0.15) is 20.3 Å². The SMILES string of the molecule is CC(C)NC(=O)CNC(=O)C1CC(O)CN1. The van der Waals surface area contributed by atoms with Crippen LogP contribution in [0.2, 0.25) is 0 Å². The Morgan fingerprint density at radius 2 is 2.19 bits per heavy atom. The molecule has 0 spiro atoms. The maximum atomic E-state index is 11.5. The fourth-order valence-electron chi connectivity index (χ4n) is 1.58. The van der Waals surface area contributed by atoms with E-state index in [9.17, 15) is 14.7 Å². The molecule has 6 nitrogen and oxygen atoms in total. The quantitative estimate of drug-likeness (QED) is 0.465. The Hall–Kier alpha value is -1.14. The first-order valence-electron chi connectivity index (χ1n) is 5.47. The summed E-state index contributed by atoms with van der Waals surface area (Å²) in [7, 11) is 0. The lowest BCUT2D eigenvalue weighted by molar-refractivity contribution is -0.127. The fourth-order valence-corrected chi connectivity index (χ4v) is 1.58. The van der Waals surface area contributed by atoms with Crippen LogP contribution in [0.25, 0.3) is 0 Å². The second-order valence-electron chi connectivity index (χ2n) is 4.29. The number of rotatable bonds is 4. The van der Waals surface area contributed by atoms with Crippen LogP contribution in [-0.4, -0.2) is 48.2 Å². The van der Waals surface area contributed by atoms with Gasteiger partial charge in [0.1, 0.15) is 0 Å². The predicted molar refractivity (Wildman–Crippen MR) is 58.7 cm³/mol. The number of amides is 2. The standard InChI is InChI=1S/C10H19N3O3/c1-6(2)13-9(15)5-12-10(16)8-3-7(14)4-11-8/h6-8,11,14H,3-5H2,1-2H3,(H,12,16)(H,13,15). The summed E-state index contributed by atoms with van der Waals surface area (Å²) in [6, 6.07) is -0.322. The molecular formula is C10H19N3O3. The fraction of sp³-hybridized carbons (Fsp3) is 0.800. The van der Waals surface area contributed by atoms with E-state index in [1.165, 1.54) is 0 Å². The molecule has 1 fully saturated rings. The molecule has 1 heterocycles. The largest absolute Gasteiger partial charge is 0.392 e. The molecule has 2 atom stereocenters. The summed E-state index contributed by atoms with van der Waals surface area (Å²) in [5.74, 6) is -0.447. The van der Waals surface area contributed by atoms with Gasteiger partial charge in [0, 0.05) is 12.6 Å². The molecule has 6 heteroatoms. The zero-order valence-corrected chi connectivity index (χ0v) is 9.62. The molecule has 1 rings (SSSR count). The van der Waals surface area contributed by atoms with Crippen LogP contribution < -0.4 is 16.0 Å². The summed E-state index contributed by atoms with van der Waals surface area (Å²) in [4.78, 5) is 22.8. The zero-order valence-electron chi connectivity index (χ0n) is 9.62. The number of carbonyl (C=O) groups excluding carboxylic acids is 2. The van der Waals surface area contributed by atoms with Crippen LogP contribution in [0, 0.1) is 0 Å². The van der Waals surface area contributed by atoms with Gasteiger partial charge in [0.15, 0.2) is 0 Å². The Labute approximate surface area is 94.8 Å². The average Bonchev–Trinajstić information content (AvgIpc) is 2.60. The van der Waals surface area contributed by atoms with Gasteiger partial charge in [0.05, 0.1) is 18.7 Å². The number of aliphatic hydroxyl groups excluding tert-OH is 1. The molecule has 92 valence electrons. The lowest BCUT2D eigenvalue weighted by Gasteiger charge is -2.12. The van der Waals surface area contributed by atoms with Crippen molar-refractivity contribution in [1.82, 2.24) is 16.0 Å². The average molecular weight is 229 g/mol. The molecule has 2 amide bonds. The topological polar surface area (TPSA) is 90.5 Å². The van der Waals surface area contributed by atoms with Gasteiger partial charge in [-0.1, -0.05) is 0 Å². The van der Waals surface area contributed by atoms with Gasteiger partial charge >= 0.3 is 0 Å². The molecule has 0 aliphatic carbocycles. The highest BCUT2D eigenvalue weighted by Gasteiger charge is 2.27. The van der Waals surface area contributed by atoms with Gasteiger partial charge in [0.2, 0.25) is 11.8 Å². The third-order valence-electron chi connectivity index (χ3n) is 2.30. The van der Waals surface area contributed by atoms with Crippen molar-refractivity contribution in [1.29, 1.82) is 0 Å². The Kier molecular flexibility index (Phi) is 4.70. The summed E-state index contributed by atoms with van der Waals surface area (Å²) >= 11 is 0. The Morgan fingerprint density at radius 1 is 1.50 bits per heavy atom. The minimum Gasteiger partial charge on any atom is -0.392 e. The molecule has 0 saturated carbocycles. The Bertz CT molecular complexity index is 268. The van der Waals surface area contributed by atoms with E-state index < -0.39 is 6.10 Å². The van der Waals surface area contributed by atoms with Crippen molar-refractivity contribution in [3.05, 3.63) is 0 Å². The summed E-state index contributed by atoms with van der Waals surface area (Å²) in [6.45, 7) is 4.12. The van der Waals surface area contributed by atoms with E-state index in [2.05, 4.69) is 16.0 Å². The van der Waals surface area contributed by atoms with E-state index >= 15 is 0 Å². The molecule has 1 aliphatic heterocycles. The molecule has 1 saturated heterocycles. The predicted octanol–water partition coefficient (Wildman–Crippen LogP) is -1.65. The number of aliphatic hydroxyl groups is 1. The van der Waals surface area contributed by atoms with Crippen LogP contribution in [-0.2, 0) is 9.59 Å². The van der Waals surface area contributed by atoms with Gasteiger partial charge in [-0.2, -0.15) is 0 Å². The number of hydrogen-bond acceptors (Lipinski definition) is 4. The van der Waals surface area contributed by atoms with Crippen molar-refractivity contribution in [3.8, 4) is 0 Å². The van der Waals surface area contributed by atoms with Crippen molar-refractivity contribution in [2.75, 3.05) is 13.1 Å². The van der Waals surface area contributed by atoms with Crippen LogP contribution in [0.3, 0.4) is 0 Å². The van der Waals surface area contributed by atoms with Crippen molar-refractivity contribution in [3.63, 3.8) is 0 Å². The number of β-amino-alcohol motifs (C(OH)–C–C–N with tert-alkyl or cyclic N) is 1. The van der Waals surface area contributed by atoms with Crippen LogP contribution >= 0.6 is 0 Å². The van der Waals surface area contributed by atoms with Crippen molar-refractivity contribution in [2.24, 2.45) is 0 Å². The highest BCUT2D eigenvalue weighted by Crippen LogP contribution is 2.05. The summed E-state index contributed by atoms with van der Waals surface area (Å²) < 4.78 is 0. The van der Waals surface area contributed by atoms with Gasteiger partial charge in [0.25, 0.3) is 0 Å². The molecule has 2 unspecified atom stereocenters. The molecule has 0 bridgehead atoms. The summed E-state index contributed by atoms with van der Waals surface area (Å²) in [5, 5.41) is 17.3. The van der Waals surface area contributed by atoms with Crippen molar-refractivity contribution in [2.45, 2.75) is 38.5 Å². The zero-order chi connectivity index (χ0) is 12.1. The lowest BCUT2D eigenvalue weighted by Crippen LogP contribution is -2.45. The lowest BCUT2D eigenvalue weighted by atomic mass is 10.2. The monoisotopic (exact) mass is 229 g/mol. The highest BCUT2D eigenvalue weighted by molar-refractivity contribution is 5.87. The number of carbonyl (C=O) groups is 2. The molecule has 0 aromatic heterocycles. The van der Waals surface area contributed by atoms with Gasteiger partial charge in [-0.25, -0.2) is 0 Å². The van der Waals surface area contributed by atoms with E-state index in [1.807, 2.05) is 13.8 Å². The first-order valence-corrected chi connectivity index (χ1v) is 5.47. The van der Waals surface area contributed by atoms with Crippen LogP contribution in [0.15, 0.2) is 0 Å². The third-order valence-corrected chi connectivity index (χ3v) is 2.30. The molecule has 1 aliphatic rings. The molecule has 0 radical (unpaired) electrons. The van der Waals surface area contributed by atoms with Gasteiger partial charge < -0.3 is 21.1 Å². The third kappa shape index (κ3) is 4.16. The van der Waals surface area contributed by atoms with Gasteiger partial charge in [-0.15, -0.1) is 0 Å². The Morgan fingerprint density at radius 3 is 2.69 bits per heavy atom. The first-order chi connectivity index (χ1) is 7.49. The smallest absolute Gasteiger partial charge is 0.239 e. The number of hydrogen-bond donors (Lipinski definition) is 4. The van der Waals surface area contributed by atoms with E-state index in [0.717, 1.165) is 0 Å². The minimum absolute atomic E-state index is 0.0225. The molecular weight excluding hydrogens is 210 g/mol. The van der Waals surface area contributed by atoms with Crippen molar-refractivity contribution >= 4 is 11.8 Å². The normalized spacial score (nSPS) is 24.5. The summed E-state index contributed by atoms with van der Waals surface area (Å²) in [5.41, 5.74) is 0. The van der Waals surface area contributed by atoms with E-state index in [1.54, 1.807) is 0 Å². The van der Waals surface area contributed by atoms with E-state index in [4.69, 9.17) is 0 Å². The molecule has 4 N–H and O–H groups in total. The number of nitrogens with one attached hydrogen (secondary N) is 3. The van der Waals surface area contributed by atoms with E-state index in [0.29, 0.717) is 13.0 Å². The van der Waals surface area contributed by atoms with Crippen LogP contribution in [0.4, 0.5) is 0 Å². The maximum Gasteiger partial charge on any atom is 0.239 e.